The van der Waals surface area contributed by atoms with Crippen LogP contribution in [0.1, 0.15) is 62.9 Å². The molecule has 48 heteroatoms. The van der Waals surface area contributed by atoms with Gasteiger partial charge in [0.15, 0.2) is 0 Å². The highest BCUT2D eigenvalue weighted by molar-refractivity contribution is 7.87. The molecule has 121 heavy (non-hydrogen) atoms. The molecule has 12 rings (SSSR count). The summed E-state index contributed by atoms with van der Waals surface area (Å²) in [6.07, 6.45) is 8.92. The highest BCUT2D eigenvalue weighted by atomic mass is 32.2. The van der Waals surface area contributed by atoms with Gasteiger partial charge in [-0.15, -0.1) is 0 Å². The maximum absolute atomic E-state index is 14.2. The van der Waals surface area contributed by atoms with Gasteiger partial charge in [0.05, 0.1) is 69.3 Å². The van der Waals surface area contributed by atoms with E-state index in [-0.39, 0.29) is 101 Å². The second-order valence-corrected chi connectivity index (χ2v) is 35.5. The largest absolute Gasteiger partial charge is 0.374 e. The van der Waals surface area contributed by atoms with Gasteiger partial charge in [-0.25, -0.2) is 0 Å². The Kier molecular flexibility index (Phi) is 23.4. The molecular formula is C73H67N15O27S6. The second-order valence-electron chi connectivity index (χ2n) is 27.3. The van der Waals surface area contributed by atoms with E-state index in [0.29, 0.717) is 18.9 Å². The minimum Gasteiger partial charge on any atom is -0.374 e. The first-order valence-corrected chi connectivity index (χ1v) is 43.2. The number of carbonyl (C=O) groups excluding carboxylic acids is 9. The number of aldehydes is 3. The average Bonchev–Trinajstić information content (AvgIpc) is 1.17. The minimum absolute atomic E-state index is 0.00756. The summed E-state index contributed by atoms with van der Waals surface area (Å²) in [4.78, 5) is 121. The molecule has 6 heterocycles. The number of fused-ring (bicyclic) bond motifs is 3. The third-order valence-electron chi connectivity index (χ3n) is 19.2. The highest BCUT2D eigenvalue weighted by Crippen LogP contribution is 2.39. The number of hydrogen-bond acceptors (Lipinski definition) is 24. The number of rotatable bonds is 30. The number of nitrogens with one attached hydrogen (secondary N) is 9. The summed E-state index contributed by atoms with van der Waals surface area (Å²) in [6, 6.07) is 18.2. The van der Waals surface area contributed by atoms with Crippen LogP contribution in [-0.4, -0.2) is 178 Å². The summed E-state index contributed by atoms with van der Waals surface area (Å²) in [5.41, 5.74) is -2.59. The van der Waals surface area contributed by atoms with E-state index < -0.39 is 167 Å². The van der Waals surface area contributed by atoms with Gasteiger partial charge in [-0.05, 0) is 72.8 Å². The number of aromatic nitrogens is 6. The van der Waals surface area contributed by atoms with Crippen LogP contribution in [0.15, 0.2) is 194 Å². The van der Waals surface area contributed by atoms with Crippen molar-refractivity contribution in [3.8, 4) is 0 Å². The normalized spacial score (nSPS) is 13.2. The molecule has 0 fully saturated rings. The van der Waals surface area contributed by atoms with Gasteiger partial charge in [0.25, 0.3) is 96.2 Å². The van der Waals surface area contributed by atoms with Crippen molar-refractivity contribution in [2.24, 2.45) is 48.2 Å². The fourth-order valence-corrected chi connectivity index (χ4v) is 18.6. The van der Waals surface area contributed by atoms with E-state index in [1.54, 1.807) is 0 Å². The number of carbonyl (C=O) groups is 9. The Balaban J connectivity index is 0.799. The average molecular weight is 1780 g/mol. The number of anilines is 9. The lowest BCUT2D eigenvalue weighted by atomic mass is 9.85. The molecule has 0 bridgehead atoms. The maximum Gasteiger partial charge on any atom is 0.297 e. The van der Waals surface area contributed by atoms with Crippen LogP contribution in [0.5, 0.6) is 0 Å². The van der Waals surface area contributed by atoms with Gasteiger partial charge in [-0.1, -0.05) is 54.6 Å². The summed E-state index contributed by atoms with van der Waals surface area (Å²) >= 11 is 0. The zero-order valence-corrected chi connectivity index (χ0v) is 67.9. The van der Waals surface area contributed by atoms with Crippen molar-refractivity contribution in [1.82, 2.24) is 27.4 Å². The predicted octanol–water partition coefficient (Wildman–Crippen LogP) is 6.13. The zero-order valence-electron chi connectivity index (χ0n) is 63.0. The fraction of sp³-hybridized carbons (Fsp3) is 0.137. The van der Waals surface area contributed by atoms with Crippen molar-refractivity contribution in [2.75, 3.05) is 47.9 Å². The van der Waals surface area contributed by atoms with Gasteiger partial charge >= 0.3 is 0 Å². The molecule has 0 saturated carbocycles. The first-order chi connectivity index (χ1) is 56.6. The summed E-state index contributed by atoms with van der Waals surface area (Å²) in [7, 11) is -22.0. The molecule has 42 nitrogen and oxygen atoms in total. The summed E-state index contributed by atoms with van der Waals surface area (Å²) in [5.74, 6) is -7.12. The molecule has 6 amide bonds. The number of aryl methyl sites for hydroxylation is 6. The molecule has 632 valence electrons. The maximum atomic E-state index is 14.2. The van der Waals surface area contributed by atoms with Crippen molar-refractivity contribution in [3.63, 3.8) is 0 Å². The fourth-order valence-electron chi connectivity index (χ4n) is 13.9. The lowest BCUT2D eigenvalue weighted by Gasteiger charge is -2.34. The van der Waals surface area contributed by atoms with Crippen LogP contribution in [0.4, 0.5) is 51.2 Å². The second kappa shape index (κ2) is 32.6. The molecule has 0 radical (unpaired) electrons. The Morgan fingerprint density at radius 3 is 0.694 bits per heavy atom. The Morgan fingerprint density at radius 2 is 0.488 bits per heavy atom. The summed E-state index contributed by atoms with van der Waals surface area (Å²) in [6.45, 7) is 0. The first kappa shape index (κ1) is 86.8. The zero-order chi connectivity index (χ0) is 88.4. The van der Waals surface area contributed by atoms with E-state index in [4.69, 9.17) is 0 Å². The van der Waals surface area contributed by atoms with Crippen molar-refractivity contribution >= 4 is 199 Å². The van der Waals surface area contributed by atoms with Gasteiger partial charge in [0.1, 0.15) is 82.4 Å². The molecule has 0 spiro atoms. The third-order valence-corrected chi connectivity index (χ3v) is 24.8. The number of amides is 6. The van der Waals surface area contributed by atoms with Crippen molar-refractivity contribution in [2.45, 2.75) is 47.5 Å². The summed E-state index contributed by atoms with van der Waals surface area (Å²) < 4.78 is 218. The quantitative estimate of drug-likeness (QED) is 0.0178. The van der Waals surface area contributed by atoms with Crippen molar-refractivity contribution in [3.05, 3.63) is 199 Å². The molecule has 6 aromatic heterocycles. The lowest BCUT2D eigenvalue weighted by molar-refractivity contribution is -0.113. The van der Waals surface area contributed by atoms with Crippen LogP contribution in [-0.2, 0) is 117 Å². The Morgan fingerprint density at radius 1 is 0.281 bits per heavy atom. The van der Waals surface area contributed by atoms with E-state index in [1.807, 2.05) is 0 Å². The van der Waals surface area contributed by atoms with Gasteiger partial charge in [0.2, 0.25) is 0 Å². The highest BCUT2D eigenvalue weighted by Gasteiger charge is 2.39. The van der Waals surface area contributed by atoms with Gasteiger partial charge in [0, 0.05) is 118 Å². The van der Waals surface area contributed by atoms with Crippen molar-refractivity contribution in [1.29, 1.82) is 0 Å². The van der Waals surface area contributed by atoms with E-state index in [1.165, 1.54) is 143 Å². The van der Waals surface area contributed by atoms with Gasteiger partial charge in [-0.2, -0.15) is 50.5 Å². The number of hydrogen-bond donors (Lipinski definition) is 15. The molecule has 0 aliphatic heterocycles. The molecule has 15 N–H and O–H groups in total. The molecule has 0 aliphatic carbocycles. The third kappa shape index (κ3) is 18.1. The Bertz CT molecular complexity index is 6500. The standard InChI is InChI=1S/C73H67N15O27S6/c1-83-28-37(22-55(83)68(92)77-40-25-58(86(4)31-40)71(95)80-49-19-16-43-46(65(49)119(107,108)109)10-7-13-61(43)116(98,99)100)74-52(34-89)64(53(35-90)75-38-23-56(84(2)29-38)69(93)78-41-26-59(87(5)32-41)72(96)81-50-20-17-44-47(66(50)120(110,111)112)11-8-14-62(44)117(101,102)103)54(36-91)76-39-24-57(85(3)30-39)70(94)79-42-27-60(88(6)33-42)73(97)82-51-21-18-45-48(67(51)121(113,114)115)12-9-15-63(45)118(104,105)106/h7-36,52-54,64,74-76H,1-6H3,(H,77,92)(H,78,93)(H,79,94)(H,80,95)(H,81,96)(H,82,97)(H,98,99,100)(H,101,102,103)(H,104,105,106)(H,107,108,109)(H,110,111,112)(H,113,114,115). The number of benzene rings is 6. The number of nitrogens with zero attached hydrogens (tertiary/aromatic N) is 6. The van der Waals surface area contributed by atoms with Crippen LogP contribution >= 0.6 is 0 Å². The lowest BCUT2D eigenvalue weighted by Crippen LogP contribution is -2.52. The first-order valence-electron chi connectivity index (χ1n) is 34.6. The van der Waals surface area contributed by atoms with Crippen LogP contribution < -0.4 is 47.9 Å². The van der Waals surface area contributed by atoms with Crippen LogP contribution in [0.2, 0.25) is 0 Å². The van der Waals surface area contributed by atoms with Crippen LogP contribution in [0.25, 0.3) is 32.3 Å². The minimum atomic E-state index is -5.23. The molecule has 0 saturated heterocycles. The van der Waals surface area contributed by atoms with E-state index in [0.717, 1.165) is 91.0 Å². The Hall–Kier alpha value is -13.5. The molecule has 0 aliphatic rings. The molecule has 12 aromatic rings. The van der Waals surface area contributed by atoms with Gasteiger partial charge < -0.3 is 89.6 Å². The van der Waals surface area contributed by atoms with E-state index >= 15 is 0 Å². The van der Waals surface area contributed by atoms with Crippen LogP contribution in [0, 0.1) is 5.92 Å². The molecule has 3 unspecified atom stereocenters. The monoisotopic (exact) mass is 1780 g/mol. The predicted molar refractivity (Wildman–Crippen MR) is 435 cm³/mol. The van der Waals surface area contributed by atoms with E-state index in [9.17, 15) is 121 Å². The molecule has 3 atom stereocenters. The Labute approximate surface area is 685 Å². The molecular weight excluding hydrogens is 1710 g/mol. The van der Waals surface area contributed by atoms with Gasteiger partial charge in [-0.3, -0.25) is 56.1 Å². The SMILES string of the molecule is Cn1cc(NC(C=O)C(C(C=O)Nc2cc(C(=O)Nc3cc(C(=O)Nc4ccc5c(S(=O)(=O)O)cccc5c4S(=O)(=O)O)n(C)c3)n(C)c2)C(C=O)Nc2cc(C(=O)Nc3cc(C(=O)Nc4ccc5c(S(=O)(=O)O)cccc5c4S(=O)(=O)O)n(C)c3)n(C)c2)cc1C(=O)Nc1cc(C(=O)Nc2ccc3c(S(=O)(=O)O)cccc3c2S(=O)(=O)O)n(C)c1. The topological polar surface area (TPSA) is 618 Å². The van der Waals surface area contributed by atoms with Crippen LogP contribution in [0.3, 0.4) is 0 Å². The summed E-state index contributed by atoms with van der Waals surface area (Å²) in [5, 5.41) is 21.7. The molecule has 6 aromatic carbocycles. The van der Waals surface area contributed by atoms with Crippen molar-refractivity contribution < 1.29 is 121 Å². The van der Waals surface area contributed by atoms with E-state index in [2.05, 4.69) is 47.9 Å². The smallest absolute Gasteiger partial charge is 0.297 e.